The van der Waals surface area contributed by atoms with Crippen LogP contribution in [0.15, 0.2) is 4.99 Å². The molecule has 4 aliphatic carbocycles. The molecule has 4 fully saturated rings. The van der Waals surface area contributed by atoms with Crippen LogP contribution in [-0.2, 0) is 4.79 Å². The highest BCUT2D eigenvalue weighted by molar-refractivity contribution is 8.14. The highest BCUT2D eigenvalue weighted by Crippen LogP contribution is 2.69. The summed E-state index contributed by atoms with van der Waals surface area (Å²) in [5.41, 5.74) is 0.695. The van der Waals surface area contributed by atoms with Crippen LogP contribution in [0.5, 0.6) is 0 Å². The Morgan fingerprint density at radius 2 is 1.90 bits per heavy atom. The molecule has 5 rings (SSSR count). The van der Waals surface area contributed by atoms with Crippen molar-refractivity contribution in [1.82, 2.24) is 5.32 Å². The average molecular weight is 292 g/mol. The fraction of sp³-hybridized carbons (Fsp3) is 0.875. The van der Waals surface area contributed by atoms with E-state index < -0.39 is 0 Å². The van der Waals surface area contributed by atoms with Gasteiger partial charge in [-0.05, 0) is 55.3 Å². The molecule has 1 N–H and O–H groups in total. The smallest absolute Gasteiger partial charge is 0.232 e. The Bertz CT molecular complexity index is 483. The van der Waals surface area contributed by atoms with Crippen LogP contribution in [0, 0.1) is 22.2 Å². The number of aliphatic imine (C=N–C) groups is 1. The molecule has 1 aliphatic heterocycles. The van der Waals surface area contributed by atoms with Crippen molar-refractivity contribution in [2.75, 3.05) is 12.3 Å². The second-order valence-electron chi connectivity index (χ2n) is 8.40. The number of amides is 1. The molecule has 0 saturated heterocycles. The molecule has 0 radical (unpaired) electrons. The number of hydrogen-bond acceptors (Lipinski definition) is 3. The first-order valence-electron chi connectivity index (χ1n) is 7.89. The molecule has 0 aromatic rings. The van der Waals surface area contributed by atoms with Crippen LogP contribution in [0.4, 0.5) is 0 Å². The minimum absolute atomic E-state index is 0.103. The van der Waals surface area contributed by atoms with Gasteiger partial charge in [-0.1, -0.05) is 25.6 Å². The Hall–Kier alpha value is -0.510. The molecule has 2 atom stereocenters. The summed E-state index contributed by atoms with van der Waals surface area (Å²) < 4.78 is 0. The predicted molar refractivity (Wildman–Crippen MR) is 82.7 cm³/mol. The molecule has 4 bridgehead atoms. The Kier molecular flexibility index (Phi) is 2.65. The molecule has 110 valence electrons. The summed E-state index contributed by atoms with van der Waals surface area (Å²) in [6.45, 7) is 5.69. The Labute approximate surface area is 125 Å². The molecule has 0 unspecified atom stereocenters. The van der Waals surface area contributed by atoms with Crippen molar-refractivity contribution in [1.29, 1.82) is 0 Å². The van der Waals surface area contributed by atoms with Gasteiger partial charge in [0.1, 0.15) is 0 Å². The summed E-state index contributed by atoms with van der Waals surface area (Å²) in [5, 5.41) is 4.01. The second-order valence-corrected chi connectivity index (χ2v) is 9.48. The van der Waals surface area contributed by atoms with Crippen LogP contribution in [0.25, 0.3) is 0 Å². The standard InChI is InChI=1S/C16H24N2OS/c1-14-5-11-6-15(2,8-14)10-16(7-11,9-14)12(19)18-13-17-3-4-20-13/h11H,3-10H2,1-2H3,(H,17,18,19)/t11?,14-,15-,16?/m1/s1. The topological polar surface area (TPSA) is 41.5 Å². The molecule has 5 aliphatic rings. The molecular formula is C16H24N2OS. The Morgan fingerprint density at radius 3 is 2.45 bits per heavy atom. The van der Waals surface area contributed by atoms with Crippen molar-refractivity contribution in [3.8, 4) is 0 Å². The van der Waals surface area contributed by atoms with E-state index in [0.29, 0.717) is 10.8 Å². The highest BCUT2D eigenvalue weighted by atomic mass is 32.2. The van der Waals surface area contributed by atoms with Crippen LogP contribution in [0.3, 0.4) is 0 Å². The van der Waals surface area contributed by atoms with Gasteiger partial charge < -0.3 is 5.32 Å². The Morgan fingerprint density at radius 1 is 1.20 bits per heavy atom. The van der Waals surface area contributed by atoms with E-state index in [4.69, 9.17) is 0 Å². The van der Waals surface area contributed by atoms with Crippen molar-refractivity contribution >= 4 is 22.8 Å². The molecular weight excluding hydrogens is 268 g/mol. The molecule has 0 aromatic carbocycles. The van der Waals surface area contributed by atoms with E-state index in [2.05, 4.69) is 24.2 Å². The third-order valence-corrected chi connectivity index (χ3v) is 6.81. The maximum absolute atomic E-state index is 12.9. The first-order valence-corrected chi connectivity index (χ1v) is 8.88. The predicted octanol–water partition coefficient (Wildman–Crippen LogP) is 3.20. The zero-order valence-corrected chi connectivity index (χ0v) is 13.3. The molecule has 0 aromatic heterocycles. The molecule has 20 heavy (non-hydrogen) atoms. The van der Waals surface area contributed by atoms with E-state index in [9.17, 15) is 4.79 Å². The van der Waals surface area contributed by atoms with E-state index in [-0.39, 0.29) is 11.3 Å². The minimum Gasteiger partial charge on any atom is -0.305 e. The largest absolute Gasteiger partial charge is 0.305 e. The van der Waals surface area contributed by atoms with Gasteiger partial charge in [0.05, 0.1) is 12.0 Å². The fourth-order valence-corrected chi connectivity index (χ4v) is 7.06. The quantitative estimate of drug-likeness (QED) is 0.806. The van der Waals surface area contributed by atoms with Gasteiger partial charge in [-0.3, -0.25) is 9.79 Å². The molecule has 0 spiro atoms. The molecule has 1 heterocycles. The lowest BCUT2D eigenvalue weighted by Gasteiger charge is -2.64. The first kappa shape index (κ1) is 13.2. The maximum atomic E-state index is 12.9. The fourth-order valence-electron chi connectivity index (χ4n) is 6.34. The SMILES string of the molecule is C[C@]12CC3CC(C(=O)NC4=NCCS4)(C1)C[C@](C)(C3)C2. The van der Waals surface area contributed by atoms with Crippen molar-refractivity contribution in [2.45, 2.75) is 52.4 Å². The van der Waals surface area contributed by atoms with Crippen LogP contribution in [-0.4, -0.2) is 23.4 Å². The van der Waals surface area contributed by atoms with Crippen LogP contribution in [0.2, 0.25) is 0 Å². The van der Waals surface area contributed by atoms with Gasteiger partial charge in [0, 0.05) is 5.75 Å². The van der Waals surface area contributed by atoms with Crippen molar-refractivity contribution in [3.63, 3.8) is 0 Å². The van der Waals surface area contributed by atoms with Gasteiger partial charge in [0.25, 0.3) is 0 Å². The number of nitrogens with zero attached hydrogens (tertiary/aromatic N) is 1. The Balaban J connectivity index is 1.61. The van der Waals surface area contributed by atoms with Crippen LogP contribution >= 0.6 is 11.8 Å². The second kappa shape index (κ2) is 4.02. The summed E-state index contributed by atoms with van der Waals surface area (Å²) in [6.07, 6.45) is 7.30. The number of rotatable bonds is 1. The summed E-state index contributed by atoms with van der Waals surface area (Å²) in [4.78, 5) is 17.3. The van der Waals surface area contributed by atoms with Crippen LogP contribution in [0.1, 0.15) is 52.4 Å². The average Bonchev–Trinajstić information content (AvgIpc) is 2.76. The lowest BCUT2D eigenvalue weighted by molar-refractivity contribution is -0.168. The number of amidine groups is 1. The lowest BCUT2D eigenvalue weighted by Crippen LogP contribution is -2.60. The monoisotopic (exact) mass is 292 g/mol. The summed E-state index contributed by atoms with van der Waals surface area (Å²) in [7, 11) is 0. The van der Waals surface area contributed by atoms with Gasteiger partial charge in [0.2, 0.25) is 5.91 Å². The van der Waals surface area contributed by atoms with E-state index in [1.165, 1.54) is 19.3 Å². The third kappa shape index (κ3) is 1.94. The van der Waals surface area contributed by atoms with Crippen molar-refractivity contribution < 1.29 is 4.79 Å². The zero-order chi connectivity index (χ0) is 14.0. The van der Waals surface area contributed by atoms with Gasteiger partial charge >= 0.3 is 0 Å². The molecule has 3 nitrogen and oxygen atoms in total. The summed E-state index contributed by atoms with van der Waals surface area (Å²) in [5.74, 6) is 2.05. The van der Waals surface area contributed by atoms with Crippen molar-refractivity contribution in [2.24, 2.45) is 27.2 Å². The third-order valence-electron chi connectivity index (χ3n) is 5.91. The number of hydrogen-bond donors (Lipinski definition) is 1. The number of thioether (sulfide) groups is 1. The maximum Gasteiger partial charge on any atom is 0.232 e. The lowest BCUT2D eigenvalue weighted by atomic mass is 9.40. The van der Waals surface area contributed by atoms with E-state index >= 15 is 0 Å². The normalized spacial score (nSPS) is 49.3. The molecule has 4 heteroatoms. The van der Waals surface area contributed by atoms with E-state index in [1.807, 2.05) is 0 Å². The molecule has 4 saturated carbocycles. The van der Waals surface area contributed by atoms with Gasteiger partial charge in [0.15, 0.2) is 5.17 Å². The van der Waals surface area contributed by atoms with Crippen molar-refractivity contribution in [3.05, 3.63) is 0 Å². The highest BCUT2D eigenvalue weighted by Gasteiger charge is 2.62. The van der Waals surface area contributed by atoms with Crippen LogP contribution < -0.4 is 5.32 Å². The zero-order valence-electron chi connectivity index (χ0n) is 12.5. The molecule has 1 amide bonds. The van der Waals surface area contributed by atoms with Gasteiger partial charge in [-0.25, -0.2) is 0 Å². The van der Waals surface area contributed by atoms with Gasteiger partial charge in [-0.15, -0.1) is 0 Å². The number of nitrogens with one attached hydrogen (secondary N) is 1. The summed E-state index contributed by atoms with van der Waals surface area (Å²) in [6, 6.07) is 0. The summed E-state index contributed by atoms with van der Waals surface area (Å²) >= 11 is 1.69. The number of carbonyl (C=O) groups excluding carboxylic acids is 1. The van der Waals surface area contributed by atoms with Gasteiger partial charge in [-0.2, -0.15) is 0 Å². The number of carbonyl (C=O) groups is 1. The first-order chi connectivity index (χ1) is 9.41. The van der Waals surface area contributed by atoms with E-state index in [1.54, 1.807) is 11.8 Å². The minimum atomic E-state index is -0.103. The van der Waals surface area contributed by atoms with E-state index in [0.717, 1.165) is 42.6 Å².